The van der Waals surface area contributed by atoms with Crippen LogP contribution in [-0.4, -0.2) is 18.6 Å². The van der Waals surface area contributed by atoms with E-state index in [1.807, 2.05) is 18.2 Å². The first kappa shape index (κ1) is 13.9. The number of fused-ring (bicyclic) bond motifs is 1. The summed E-state index contributed by atoms with van der Waals surface area (Å²) in [6, 6.07) is 8.61. The zero-order valence-corrected chi connectivity index (χ0v) is 12.1. The lowest BCUT2D eigenvalue weighted by molar-refractivity contribution is -0.118. The van der Waals surface area contributed by atoms with Gasteiger partial charge in [0.2, 0.25) is 0 Å². The Morgan fingerprint density at radius 1 is 1.48 bits per heavy atom. The highest BCUT2D eigenvalue weighted by molar-refractivity contribution is 5.95. The molecule has 0 saturated heterocycles. The minimum Gasteiger partial charge on any atom is -0.482 e. The Bertz CT molecular complexity index is 594. The van der Waals surface area contributed by atoms with E-state index >= 15 is 0 Å². The average molecular weight is 285 g/mol. The van der Waals surface area contributed by atoms with E-state index in [2.05, 4.69) is 23.6 Å². The van der Waals surface area contributed by atoms with Gasteiger partial charge in [0, 0.05) is 12.1 Å². The number of carbonyl (C=O) groups is 1. The maximum atomic E-state index is 11.4. The fourth-order valence-corrected chi connectivity index (χ4v) is 3.10. The molecule has 1 heterocycles. The van der Waals surface area contributed by atoms with E-state index in [-0.39, 0.29) is 30.5 Å². The number of amides is 1. The van der Waals surface area contributed by atoms with Gasteiger partial charge in [-0.05, 0) is 37.5 Å². The molecule has 0 spiro atoms. The number of hydrogen-bond donors (Lipinski definition) is 2. The quantitative estimate of drug-likeness (QED) is 0.894. The molecule has 1 fully saturated rings. The van der Waals surface area contributed by atoms with Gasteiger partial charge in [-0.2, -0.15) is 5.26 Å². The molecule has 2 N–H and O–H groups in total. The Morgan fingerprint density at radius 3 is 3.14 bits per heavy atom. The Labute approximate surface area is 124 Å². The molecule has 1 amide bonds. The fraction of sp³-hybridized carbons (Fsp3) is 0.500. The van der Waals surface area contributed by atoms with E-state index in [0.717, 1.165) is 30.5 Å². The summed E-state index contributed by atoms with van der Waals surface area (Å²) in [5.74, 6) is 0.690. The number of carbonyl (C=O) groups excluding carboxylic acids is 1. The van der Waals surface area contributed by atoms with E-state index in [1.54, 1.807) is 0 Å². The highest BCUT2D eigenvalue weighted by Gasteiger charge is 2.28. The molecule has 5 heteroatoms. The van der Waals surface area contributed by atoms with Crippen molar-refractivity contribution in [2.45, 2.75) is 38.3 Å². The lowest BCUT2D eigenvalue weighted by Crippen LogP contribution is -2.34. The van der Waals surface area contributed by atoms with E-state index in [1.165, 1.54) is 0 Å². The first-order valence-corrected chi connectivity index (χ1v) is 7.39. The summed E-state index contributed by atoms with van der Waals surface area (Å²) in [5.41, 5.74) is 1.81. The van der Waals surface area contributed by atoms with Crippen LogP contribution in [0.2, 0.25) is 0 Å². The summed E-state index contributed by atoms with van der Waals surface area (Å²) in [5, 5.41) is 15.5. The van der Waals surface area contributed by atoms with Crippen molar-refractivity contribution in [3.05, 3.63) is 23.8 Å². The third-order valence-corrected chi connectivity index (χ3v) is 4.28. The summed E-state index contributed by atoms with van der Waals surface area (Å²) in [4.78, 5) is 11.4. The number of ether oxygens (including phenoxy) is 1. The van der Waals surface area contributed by atoms with Gasteiger partial charge in [0.05, 0.1) is 17.7 Å². The molecule has 1 aromatic carbocycles. The van der Waals surface area contributed by atoms with E-state index in [9.17, 15) is 4.79 Å². The third-order valence-electron chi connectivity index (χ3n) is 4.28. The van der Waals surface area contributed by atoms with Crippen LogP contribution in [0.4, 0.5) is 5.69 Å². The van der Waals surface area contributed by atoms with Crippen molar-refractivity contribution in [3.63, 3.8) is 0 Å². The summed E-state index contributed by atoms with van der Waals surface area (Å²) in [6.45, 7) is 2.16. The lowest BCUT2D eigenvalue weighted by Gasteiger charge is -2.24. The fourth-order valence-electron chi connectivity index (χ4n) is 3.10. The van der Waals surface area contributed by atoms with Crippen LogP contribution in [0.15, 0.2) is 18.2 Å². The van der Waals surface area contributed by atoms with Crippen LogP contribution in [0.3, 0.4) is 0 Å². The Morgan fingerprint density at radius 2 is 2.33 bits per heavy atom. The van der Waals surface area contributed by atoms with Crippen LogP contribution in [0.5, 0.6) is 5.75 Å². The van der Waals surface area contributed by atoms with Crippen LogP contribution in [0.25, 0.3) is 0 Å². The lowest BCUT2D eigenvalue weighted by atomic mass is 10.0. The number of nitriles is 1. The second-order valence-corrected chi connectivity index (χ2v) is 5.75. The third kappa shape index (κ3) is 2.86. The van der Waals surface area contributed by atoms with Gasteiger partial charge < -0.3 is 15.4 Å². The van der Waals surface area contributed by atoms with Gasteiger partial charge in [-0.15, -0.1) is 0 Å². The van der Waals surface area contributed by atoms with E-state index in [4.69, 9.17) is 10.00 Å². The minimum absolute atomic E-state index is 0.0755. The molecule has 0 aromatic heterocycles. The first-order chi connectivity index (χ1) is 10.2. The van der Waals surface area contributed by atoms with Gasteiger partial charge in [0.1, 0.15) is 5.75 Å². The van der Waals surface area contributed by atoms with Gasteiger partial charge in [0.15, 0.2) is 6.61 Å². The van der Waals surface area contributed by atoms with Gasteiger partial charge in [0.25, 0.3) is 5.91 Å². The molecule has 21 heavy (non-hydrogen) atoms. The van der Waals surface area contributed by atoms with Crippen molar-refractivity contribution in [2.24, 2.45) is 5.92 Å². The normalized spacial score (nSPS) is 25.4. The molecule has 2 aliphatic rings. The van der Waals surface area contributed by atoms with E-state index in [0.29, 0.717) is 5.75 Å². The average Bonchev–Trinajstić information content (AvgIpc) is 2.93. The van der Waals surface area contributed by atoms with Crippen LogP contribution in [0.1, 0.15) is 37.8 Å². The molecular weight excluding hydrogens is 266 g/mol. The molecule has 1 aliphatic carbocycles. The summed E-state index contributed by atoms with van der Waals surface area (Å²) < 4.78 is 5.36. The molecular formula is C16H19N3O2. The number of nitrogens with zero attached hydrogens (tertiary/aromatic N) is 1. The highest BCUT2D eigenvalue weighted by atomic mass is 16.5. The molecule has 3 rings (SSSR count). The predicted molar refractivity (Wildman–Crippen MR) is 78.9 cm³/mol. The van der Waals surface area contributed by atoms with Gasteiger partial charge in [-0.3, -0.25) is 4.79 Å². The minimum atomic E-state index is -0.124. The van der Waals surface area contributed by atoms with Crippen molar-refractivity contribution in [3.8, 4) is 11.8 Å². The van der Waals surface area contributed by atoms with Gasteiger partial charge in [-0.1, -0.05) is 12.5 Å². The predicted octanol–water partition coefficient (Wildman–Crippen LogP) is 2.36. The van der Waals surface area contributed by atoms with Crippen molar-refractivity contribution in [1.82, 2.24) is 5.32 Å². The van der Waals surface area contributed by atoms with Crippen LogP contribution < -0.4 is 15.4 Å². The topological polar surface area (TPSA) is 74.2 Å². The maximum absolute atomic E-state index is 11.4. The number of rotatable bonds is 3. The van der Waals surface area contributed by atoms with Gasteiger partial charge >= 0.3 is 0 Å². The van der Waals surface area contributed by atoms with E-state index < -0.39 is 0 Å². The number of nitrogens with one attached hydrogen (secondary N) is 2. The maximum Gasteiger partial charge on any atom is 0.262 e. The molecule has 3 atom stereocenters. The molecule has 0 bridgehead atoms. The summed E-state index contributed by atoms with van der Waals surface area (Å²) >= 11 is 0. The van der Waals surface area contributed by atoms with Crippen molar-refractivity contribution < 1.29 is 9.53 Å². The molecule has 110 valence electrons. The largest absolute Gasteiger partial charge is 0.482 e. The Balaban J connectivity index is 1.73. The molecule has 5 nitrogen and oxygen atoms in total. The number of hydrogen-bond acceptors (Lipinski definition) is 4. The van der Waals surface area contributed by atoms with Crippen LogP contribution >= 0.6 is 0 Å². The Hall–Kier alpha value is -2.06. The smallest absolute Gasteiger partial charge is 0.262 e. The Kier molecular flexibility index (Phi) is 3.80. The number of benzene rings is 1. The highest BCUT2D eigenvalue weighted by Crippen LogP contribution is 2.32. The molecule has 1 aromatic rings. The SMILES string of the molecule is CC(NC1CCCC1C#N)c1ccc2c(c1)NC(=O)CO2. The van der Waals surface area contributed by atoms with Gasteiger partial charge in [-0.25, -0.2) is 0 Å². The van der Waals surface area contributed by atoms with Crippen LogP contribution in [0, 0.1) is 17.2 Å². The first-order valence-electron chi connectivity index (χ1n) is 7.39. The van der Waals surface area contributed by atoms with Crippen molar-refractivity contribution >= 4 is 11.6 Å². The molecule has 0 radical (unpaired) electrons. The standard InChI is InChI=1S/C16H19N3O2/c1-10(18-13-4-2-3-12(13)8-17)11-5-6-15-14(7-11)19-16(20)9-21-15/h5-7,10,12-13,18H,2-4,9H2,1H3,(H,19,20). The van der Waals surface area contributed by atoms with Crippen LogP contribution in [-0.2, 0) is 4.79 Å². The monoisotopic (exact) mass is 285 g/mol. The second-order valence-electron chi connectivity index (χ2n) is 5.75. The van der Waals surface area contributed by atoms with Crippen molar-refractivity contribution in [1.29, 1.82) is 5.26 Å². The van der Waals surface area contributed by atoms with Crippen molar-refractivity contribution in [2.75, 3.05) is 11.9 Å². The second kappa shape index (κ2) is 5.74. The zero-order chi connectivity index (χ0) is 14.8. The number of anilines is 1. The summed E-state index contributed by atoms with van der Waals surface area (Å²) in [6.07, 6.45) is 3.14. The molecule has 1 saturated carbocycles. The summed E-state index contributed by atoms with van der Waals surface area (Å²) in [7, 11) is 0. The molecule has 1 aliphatic heterocycles. The zero-order valence-electron chi connectivity index (χ0n) is 12.1. The molecule has 3 unspecified atom stereocenters.